The summed E-state index contributed by atoms with van der Waals surface area (Å²) in [6.07, 6.45) is 4.90. The van der Waals surface area contributed by atoms with Crippen LogP contribution in [-0.2, 0) is 17.9 Å². The first-order valence-electron chi connectivity index (χ1n) is 12.7. The van der Waals surface area contributed by atoms with Gasteiger partial charge in [0.2, 0.25) is 5.91 Å². The molecule has 0 spiro atoms. The molecule has 7 heteroatoms. The molecule has 0 saturated heterocycles. The van der Waals surface area contributed by atoms with Gasteiger partial charge in [-0.2, -0.15) is 0 Å². The Kier molecular flexibility index (Phi) is 6.11. The maximum absolute atomic E-state index is 14.0. The molecule has 1 N–H and O–H groups in total. The van der Waals surface area contributed by atoms with E-state index in [-0.39, 0.29) is 17.9 Å². The number of hydrogen-bond acceptors (Lipinski definition) is 4. The summed E-state index contributed by atoms with van der Waals surface area (Å²) >= 11 is 0. The molecule has 186 valence electrons. The largest absolute Gasteiger partial charge is 0.494 e. The summed E-state index contributed by atoms with van der Waals surface area (Å²) < 4.78 is 13.1. The van der Waals surface area contributed by atoms with Crippen LogP contribution in [0.25, 0.3) is 11.1 Å². The van der Waals surface area contributed by atoms with Crippen LogP contribution in [0.1, 0.15) is 63.0 Å². The molecule has 3 heterocycles. The van der Waals surface area contributed by atoms with E-state index in [1.54, 1.807) is 17.2 Å². The number of hydrogen-bond donors (Lipinski definition) is 1. The van der Waals surface area contributed by atoms with Crippen molar-refractivity contribution in [3.63, 3.8) is 0 Å². The SMILES string of the molecule is CCOc1ccc(CN2C(=O)c3cc4occc4n3C[C@]2(C)C(=O)N[C@@H]2CCC[C@H](C)[C@@H]2C)cc1. The Balaban J connectivity index is 1.49. The number of nitrogens with zero attached hydrogens (tertiary/aromatic N) is 2. The lowest BCUT2D eigenvalue weighted by Crippen LogP contribution is -2.65. The van der Waals surface area contributed by atoms with Gasteiger partial charge in [-0.25, -0.2) is 0 Å². The molecule has 35 heavy (non-hydrogen) atoms. The van der Waals surface area contributed by atoms with E-state index in [1.807, 2.05) is 48.7 Å². The Hall–Kier alpha value is -3.22. The predicted octanol–water partition coefficient (Wildman–Crippen LogP) is 4.99. The molecule has 4 atom stereocenters. The van der Waals surface area contributed by atoms with Crippen LogP contribution in [0.2, 0.25) is 0 Å². The molecule has 3 aromatic rings. The van der Waals surface area contributed by atoms with Crippen molar-refractivity contribution in [1.82, 2.24) is 14.8 Å². The number of fused-ring (bicyclic) bond motifs is 3. The molecule has 2 aromatic heterocycles. The van der Waals surface area contributed by atoms with Gasteiger partial charge in [0, 0.05) is 24.7 Å². The number of aromatic nitrogens is 1. The monoisotopic (exact) mass is 477 g/mol. The van der Waals surface area contributed by atoms with Crippen molar-refractivity contribution in [3.05, 3.63) is 53.9 Å². The molecule has 0 unspecified atom stereocenters. The van der Waals surface area contributed by atoms with E-state index in [9.17, 15) is 9.59 Å². The van der Waals surface area contributed by atoms with Crippen molar-refractivity contribution in [3.8, 4) is 5.75 Å². The molecular weight excluding hydrogens is 442 g/mol. The van der Waals surface area contributed by atoms with Crippen molar-refractivity contribution in [2.24, 2.45) is 11.8 Å². The van der Waals surface area contributed by atoms with Crippen LogP contribution < -0.4 is 10.1 Å². The summed E-state index contributed by atoms with van der Waals surface area (Å²) in [5, 5.41) is 3.35. The number of ether oxygens (including phenoxy) is 1. The fourth-order valence-electron chi connectivity index (χ4n) is 5.67. The third-order valence-corrected chi connectivity index (χ3v) is 8.14. The van der Waals surface area contributed by atoms with Gasteiger partial charge >= 0.3 is 0 Å². The Morgan fingerprint density at radius 1 is 1.20 bits per heavy atom. The summed E-state index contributed by atoms with van der Waals surface area (Å²) in [5.41, 5.74) is 1.95. The second-order valence-corrected chi connectivity index (χ2v) is 10.4. The Labute approximate surface area is 206 Å². The third kappa shape index (κ3) is 4.11. The van der Waals surface area contributed by atoms with Crippen LogP contribution in [0.4, 0.5) is 0 Å². The molecule has 1 saturated carbocycles. The average molecular weight is 478 g/mol. The molecule has 2 amide bonds. The smallest absolute Gasteiger partial charge is 0.271 e. The van der Waals surface area contributed by atoms with Crippen LogP contribution >= 0.6 is 0 Å². The molecule has 0 bridgehead atoms. The first-order chi connectivity index (χ1) is 16.8. The van der Waals surface area contributed by atoms with Gasteiger partial charge < -0.3 is 23.9 Å². The van der Waals surface area contributed by atoms with E-state index in [2.05, 4.69) is 19.2 Å². The Bertz CT molecular complexity index is 1230. The standard InChI is InChI=1S/C28H35N3O4/c1-5-34-21-11-9-20(10-12-21)16-31-26(32)24-15-25-23(13-14-35-25)30(24)17-28(31,4)27(33)29-22-8-6-7-18(2)19(22)3/h9-15,18-19,22H,5-8,16-17H2,1-4H3,(H,29,33)/t18-,19-,22+,28+/m0/s1. The van der Waals surface area contributed by atoms with Gasteiger partial charge in [-0.15, -0.1) is 0 Å². The number of nitrogens with one attached hydrogen (secondary N) is 1. The van der Waals surface area contributed by atoms with Crippen LogP contribution in [0.3, 0.4) is 0 Å². The van der Waals surface area contributed by atoms with Gasteiger partial charge in [-0.3, -0.25) is 9.59 Å². The quantitative estimate of drug-likeness (QED) is 0.543. The fourth-order valence-corrected chi connectivity index (χ4v) is 5.67. The number of amides is 2. The zero-order valence-corrected chi connectivity index (χ0v) is 21.0. The minimum absolute atomic E-state index is 0.0984. The number of benzene rings is 1. The average Bonchev–Trinajstić information content (AvgIpc) is 3.43. The molecule has 1 aliphatic carbocycles. The van der Waals surface area contributed by atoms with Gasteiger partial charge in [-0.1, -0.05) is 38.8 Å². The number of rotatable bonds is 6. The van der Waals surface area contributed by atoms with E-state index >= 15 is 0 Å². The lowest BCUT2D eigenvalue weighted by Gasteiger charge is -2.45. The minimum atomic E-state index is -1.05. The van der Waals surface area contributed by atoms with Gasteiger partial charge in [-0.05, 0) is 49.8 Å². The van der Waals surface area contributed by atoms with Gasteiger partial charge in [0.05, 0.1) is 24.9 Å². The molecule has 1 fully saturated rings. The lowest BCUT2D eigenvalue weighted by atomic mass is 9.77. The molecule has 5 rings (SSSR count). The van der Waals surface area contributed by atoms with E-state index in [4.69, 9.17) is 9.15 Å². The first kappa shape index (κ1) is 23.5. The lowest BCUT2D eigenvalue weighted by molar-refractivity contribution is -0.134. The predicted molar refractivity (Wildman–Crippen MR) is 134 cm³/mol. The highest BCUT2D eigenvalue weighted by Crippen LogP contribution is 2.35. The first-order valence-corrected chi connectivity index (χ1v) is 12.7. The fraction of sp³-hybridized carbons (Fsp3) is 0.500. The summed E-state index contributed by atoms with van der Waals surface area (Å²) in [6, 6.07) is 11.5. The molecule has 2 aliphatic rings. The third-order valence-electron chi connectivity index (χ3n) is 8.14. The highest BCUT2D eigenvalue weighted by atomic mass is 16.5. The van der Waals surface area contributed by atoms with Gasteiger partial charge in [0.25, 0.3) is 5.91 Å². The van der Waals surface area contributed by atoms with Crippen molar-refractivity contribution >= 4 is 22.9 Å². The summed E-state index contributed by atoms with van der Waals surface area (Å²) in [5.74, 6) is 1.49. The summed E-state index contributed by atoms with van der Waals surface area (Å²) in [4.78, 5) is 29.5. The topological polar surface area (TPSA) is 76.7 Å². The van der Waals surface area contributed by atoms with E-state index in [0.717, 1.165) is 29.7 Å². The maximum atomic E-state index is 14.0. The molecule has 7 nitrogen and oxygen atoms in total. The zero-order chi connectivity index (χ0) is 24.7. The number of carbonyl (C=O) groups excluding carboxylic acids is 2. The second-order valence-electron chi connectivity index (χ2n) is 10.4. The summed E-state index contributed by atoms with van der Waals surface area (Å²) in [7, 11) is 0. The zero-order valence-electron chi connectivity index (χ0n) is 21.0. The molecule has 0 radical (unpaired) electrons. The van der Waals surface area contributed by atoms with Crippen LogP contribution in [-0.4, -0.2) is 39.5 Å². The number of furan rings is 1. The van der Waals surface area contributed by atoms with Gasteiger partial charge in [0.15, 0.2) is 5.58 Å². The molecular formula is C28H35N3O4. The maximum Gasteiger partial charge on any atom is 0.271 e. The summed E-state index contributed by atoms with van der Waals surface area (Å²) in [6.45, 7) is 9.62. The van der Waals surface area contributed by atoms with Crippen LogP contribution in [0, 0.1) is 11.8 Å². The Morgan fingerprint density at radius 2 is 1.97 bits per heavy atom. The van der Waals surface area contributed by atoms with Gasteiger partial charge in [0.1, 0.15) is 17.0 Å². The number of carbonyl (C=O) groups is 2. The van der Waals surface area contributed by atoms with E-state index in [1.165, 1.54) is 6.42 Å². The van der Waals surface area contributed by atoms with Crippen LogP contribution in [0.15, 0.2) is 47.1 Å². The highest BCUT2D eigenvalue weighted by Gasteiger charge is 2.48. The van der Waals surface area contributed by atoms with E-state index in [0.29, 0.717) is 42.8 Å². The van der Waals surface area contributed by atoms with Crippen molar-refractivity contribution < 1.29 is 18.7 Å². The molecule has 1 aromatic carbocycles. The second kappa shape index (κ2) is 9.10. The van der Waals surface area contributed by atoms with Crippen LogP contribution in [0.5, 0.6) is 5.75 Å². The highest BCUT2D eigenvalue weighted by molar-refractivity contribution is 6.02. The van der Waals surface area contributed by atoms with Crippen molar-refractivity contribution in [1.29, 1.82) is 0 Å². The van der Waals surface area contributed by atoms with Crippen molar-refractivity contribution in [2.45, 2.75) is 71.6 Å². The Morgan fingerprint density at radius 3 is 2.71 bits per heavy atom. The van der Waals surface area contributed by atoms with Crippen molar-refractivity contribution in [2.75, 3.05) is 6.61 Å². The van der Waals surface area contributed by atoms with E-state index < -0.39 is 5.54 Å². The normalized spacial score (nSPS) is 26.6. The minimum Gasteiger partial charge on any atom is -0.494 e. The molecule has 1 aliphatic heterocycles.